The number of hydrogen-bond donors (Lipinski definition) is 0. The molecule has 146 valence electrons. The average molecular weight is 402 g/mol. The molecule has 2 aromatic carbocycles. The van der Waals surface area contributed by atoms with Crippen molar-refractivity contribution in [3.8, 4) is 0 Å². The van der Waals surface area contributed by atoms with Crippen LogP contribution in [0.25, 0.3) is 0 Å². The fourth-order valence-corrected chi connectivity index (χ4v) is 3.72. The molecule has 0 spiro atoms. The Morgan fingerprint density at radius 2 is 2.00 bits per heavy atom. The summed E-state index contributed by atoms with van der Waals surface area (Å²) in [5.74, 6) is -1.58. The van der Waals surface area contributed by atoms with E-state index in [0.29, 0.717) is 28.4 Å². The van der Waals surface area contributed by atoms with Crippen LogP contribution in [0.4, 0.5) is 4.39 Å². The van der Waals surface area contributed by atoms with Crippen LogP contribution in [0.5, 0.6) is 0 Å². The number of amides is 1. The molecule has 1 aliphatic rings. The molecule has 1 amide bonds. The first-order valence-electron chi connectivity index (χ1n) is 9.08. The zero-order valence-electron chi connectivity index (χ0n) is 15.7. The van der Waals surface area contributed by atoms with Gasteiger partial charge in [-0.15, -0.1) is 0 Å². The predicted molar refractivity (Wildman–Crippen MR) is 105 cm³/mol. The maximum absolute atomic E-state index is 13.8. The van der Waals surface area contributed by atoms with Gasteiger partial charge < -0.3 is 9.64 Å². The number of esters is 1. The number of ether oxygens (including phenoxy) is 1. The summed E-state index contributed by atoms with van der Waals surface area (Å²) in [4.78, 5) is 27.2. The number of carbonyl (C=O) groups is 2. The summed E-state index contributed by atoms with van der Waals surface area (Å²) in [5, 5.41) is 0.576. The largest absolute Gasteiger partial charge is 0.463 e. The lowest BCUT2D eigenvalue weighted by Gasteiger charge is -2.34. The smallest absolute Gasteiger partial charge is 0.336 e. The number of benzene rings is 2. The molecule has 0 aromatic heterocycles. The number of carbonyl (C=O) groups excluding carboxylic acids is 2. The minimum absolute atomic E-state index is 0.0650. The lowest BCUT2D eigenvalue weighted by atomic mass is 9.83. The highest BCUT2D eigenvalue weighted by atomic mass is 35.5. The van der Waals surface area contributed by atoms with Gasteiger partial charge in [-0.1, -0.05) is 35.9 Å². The summed E-state index contributed by atoms with van der Waals surface area (Å²) in [6.45, 7) is 3.96. The van der Waals surface area contributed by atoms with Gasteiger partial charge in [-0.3, -0.25) is 4.79 Å². The van der Waals surface area contributed by atoms with Crippen molar-refractivity contribution in [2.24, 2.45) is 0 Å². The van der Waals surface area contributed by atoms with Gasteiger partial charge in [0.05, 0.1) is 18.7 Å². The molecule has 3 rings (SSSR count). The Morgan fingerprint density at radius 3 is 2.68 bits per heavy atom. The highest BCUT2D eigenvalue weighted by Crippen LogP contribution is 2.38. The van der Waals surface area contributed by atoms with Crippen LogP contribution in [0.3, 0.4) is 0 Å². The van der Waals surface area contributed by atoms with E-state index < -0.39 is 17.7 Å². The topological polar surface area (TPSA) is 46.6 Å². The number of nitrogens with zero attached hydrogens (tertiary/aromatic N) is 1. The van der Waals surface area contributed by atoms with E-state index in [0.717, 1.165) is 5.56 Å². The molecule has 0 saturated carbocycles. The van der Waals surface area contributed by atoms with Crippen molar-refractivity contribution in [2.75, 3.05) is 6.61 Å². The molecule has 4 nitrogen and oxygen atoms in total. The molecule has 1 atom stereocenters. The third kappa shape index (κ3) is 4.25. The molecule has 0 aliphatic carbocycles. The Labute approximate surface area is 168 Å². The first-order valence-corrected chi connectivity index (χ1v) is 9.46. The molecule has 1 heterocycles. The fourth-order valence-electron chi connectivity index (χ4n) is 3.50. The number of allylic oxidation sites excluding steroid dienone is 1. The van der Waals surface area contributed by atoms with Crippen LogP contribution in [0.1, 0.15) is 37.3 Å². The van der Waals surface area contributed by atoms with E-state index in [1.54, 1.807) is 43.0 Å². The highest BCUT2D eigenvalue weighted by molar-refractivity contribution is 6.30. The van der Waals surface area contributed by atoms with E-state index in [-0.39, 0.29) is 18.9 Å². The van der Waals surface area contributed by atoms with Crippen LogP contribution in [-0.2, 0) is 20.9 Å². The summed E-state index contributed by atoms with van der Waals surface area (Å²) in [5.41, 5.74) is 2.34. The van der Waals surface area contributed by atoms with Gasteiger partial charge in [0.1, 0.15) is 5.82 Å². The minimum Gasteiger partial charge on any atom is -0.463 e. The Hall–Kier alpha value is -2.66. The van der Waals surface area contributed by atoms with Gasteiger partial charge in [0.15, 0.2) is 0 Å². The van der Waals surface area contributed by atoms with Crippen molar-refractivity contribution in [1.82, 2.24) is 4.90 Å². The molecule has 2 aromatic rings. The molecule has 6 heteroatoms. The number of rotatable bonds is 5. The van der Waals surface area contributed by atoms with Crippen LogP contribution < -0.4 is 0 Å². The van der Waals surface area contributed by atoms with Crippen molar-refractivity contribution in [3.05, 3.63) is 81.8 Å². The second kappa shape index (κ2) is 8.57. The van der Waals surface area contributed by atoms with Gasteiger partial charge in [-0.2, -0.15) is 0 Å². The molecule has 0 saturated heterocycles. The number of halogens is 2. The highest BCUT2D eigenvalue weighted by Gasteiger charge is 2.37. The van der Waals surface area contributed by atoms with Gasteiger partial charge in [0.25, 0.3) is 0 Å². The molecule has 28 heavy (non-hydrogen) atoms. The van der Waals surface area contributed by atoms with E-state index >= 15 is 0 Å². The lowest BCUT2D eigenvalue weighted by Crippen LogP contribution is -2.38. The standard InChI is InChI=1S/C22H21ClFNO3/c1-3-28-22(27)21-14(2)25(13-15-6-4-8-17(23)10-15)20(26)12-19(21)16-7-5-9-18(24)11-16/h4-11,19H,3,12-13H2,1-2H3. The van der Waals surface area contributed by atoms with E-state index in [1.807, 2.05) is 12.1 Å². The molecule has 0 fully saturated rings. The summed E-state index contributed by atoms with van der Waals surface area (Å²) in [6.07, 6.45) is 0.0650. The zero-order chi connectivity index (χ0) is 20.3. The summed E-state index contributed by atoms with van der Waals surface area (Å²) in [7, 11) is 0. The molecule has 1 aliphatic heterocycles. The first-order chi connectivity index (χ1) is 13.4. The van der Waals surface area contributed by atoms with E-state index in [1.165, 1.54) is 12.1 Å². The maximum atomic E-state index is 13.8. The summed E-state index contributed by atoms with van der Waals surface area (Å²) in [6, 6.07) is 13.2. The Kier molecular flexibility index (Phi) is 6.15. The molecular formula is C22H21ClFNO3. The molecule has 1 unspecified atom stereocenters. The Bertz CT molecular complexity index is 941. The maximum Gasteiger partial charge on any atom is 0.336 e. The molecule has 0 N–H and O–H groups in total. The molecule has 0 bridgehead atoms. The SMILES string of the molecule is CCOC(=O)C1=C(C)N(Cc2cccc(Cl)c2)C(=O)CC1c1cccc(F)c1. The normalized spacial score (nSPS) is 17.1. The third-order valence-corrected chi connectivity index (χ3v) is 5.03. The lowest BCUT2D eigenvalue weighted by molar-refractivity contribution is -0.140. The van der Waals surface area contributed by atoms with E-state index in [9.17, 15) is 14.0 Å². The Balaban J connectivity index is 2.03. The molecule has 0 radical (unpaired) electrons. The zero-order valence-corrected chi connectivity index (χ0v) is 16.5. The summed E-state index contributed by atoms with van der Waals surface area (Å²) < 4.78 is 19.0. The predicted octanol–water partition coefficient (Wildman–Crippen LogP) is 4.83. The van der Waals surface area contributed by atoms with Crippen molar-refractivity contribution in [2.45, 2.75) is 32.7 Å². The van der Waals surface area contributed by atoms with Crippen LogP contribution >= 0.6 is 11.6 Å². The van der Waals surface area contributed by atoms with Crippen molar-refractivity contribution < 1.29 is 18.7 Å². The van der Waals surface area contributed by atoms with Gasteiger partial charge >= 0.3 is 5.97 Å². The van der Waals surface area contributed by atoms with E-state index in [4.69, 9.17) is 16.3 Å². The first kappa shape index (κ1) is 20.1. The third-order valence-electron chi connectivity index (χ3n) is 4.80. The van der Waals surface area contributed by atoms with Gasteiger partial charge in [-0.05, 0) is 49.2 Å². The van der Waals surface area contributed by atoms with Crippen molar-refractivity contribution in [1.29, 1.82) is 0 Å². The van der Waals surface area contributed by atoms with Gasteiger partial charge in [0, 0.05) is 23.1 Å². The summed E-state index contributed by atoms with van der Waals surface area (Å²) >= 11 is 6.05. The van der Waals surface area contributed by atoms with Gasteiger partial charge in [-0.25, -0.2) is 9.18 Å². The van der Waals surface area contributed by atoms with Crippen LogP contribution in [0.15, 0.2) is 59.8 Å². The van der Waals surface area contributed by atoms with Crippen LogP contribution in [0, 0.1) is 5.82 Å². The monoisotopic (exact) mass is 401 g/mol. The average Bonchev–Trinajstić information content (AvgIpc) is 2.65. The van der Waals surface area contributed by atoms with Crippen LogP contribution in [-0.4, -0.2) is 23.4 Å². The van der Waals surface area contributed by atoms with Gasteiger partial charge in [0.2, 0.25) is 5.91 Å². The number of hydrogen-bond acceptors (Lipinski definition) is 3. The Morgan fingerprint density at radius 1 is 1.25 bits per heavy atom. The van der Waals surface area contributed by atoms with Crippen molar-refractivity contribution in [3.63, 3.8) is 0 Å². The second-order valence-corrected chi connectivity index (χ2v) is 7.08. The molecular weight excluding hydrogens is 381 g/mol. The second-order valence-electron chi connectivity index (χ2n) is 6.64. The van der Waals surface area contributed by atoms with Crippen LogP contribution in [0.2, 0.25) is 5.02 Å². The van der Waals surface area contributed by atoms with E-state index in [2.05, 4.69) is 0 Å². The quantitative estimate of drug-likeness (QED) is 0.674. The van der Waals surface area contributed by atoms with Crippen molar-refractivity contribution >= 4 is 23.5 Å². The fraction of sp³-hybridized carbons (Fsp3) is 0.273. The minimum atomic E-state index is -0.544.